The van der Waals surface area contributed by atoms with E-state index in [-0.39, 0.29) is 31.1 Å². The highest BCUT2D eigenvalue weighted by Crippen LogP contribution is 2.17. The fourth-order valence-corrected chi connectivity index (χ4v) is 8.82. The normalized spacial score (nSPS) is 12.5. The van der Waals surface area contributed by atoms with Crippen molar-refractivity contribution in [3.05, 3.63) is 72.9 Å². The Bertz CT molecular complexity index is 1340. The van der Waals surface area contributed by atoms with Crippen LogP contribution >= 0.6 is 0 Å². The van der Waals surface area contributed by atoms with Gasteiger partial charge < -0.3 is 14.2 Å². The van der Waals surface area contributed by atoms with E-state index < -0.39 is 6.10 Å². The zero-order chi connectivity index (χ0) is 52.2. The zero-order valence-electron chi connectivity index (χ0n) is 47.7. The smallest absolute Gasteiger partial charge is 0.306 e. The summed E-state index contributed by atoms with van der Waals surface area (Å²) in [5.74, 6) is -0.896. The quantitative estimate of drug-likeness (QED) is 0.0261. The van der Waals surface area contributed by atoms with Gasteiger partial charge in [0.25, 0.3) is 0 Å². The molecule has 1 unspecified atom stereocenters. The molecule has 6 nitrogen and oxygen atoms in total. The van der Waals surface area contributed by atoms with Crippen LogP contribution in [0.3, 0.4) is 0 Å². The zero-order valence-corrected chi connectivity index (χ0v) is 47.7. The van der Waals surface area contributed by atoms with E-state index >= 15 is 0 Å². The molecule has 0 saturated heterocycles. The number of rotatable bonds is 56. The van der Waals surface area contributed by atoms with Crippen LogP contribution in [0.25, 0.3) is 0 Å². The number of hydrogen-bond acceptors (Lipinski definition) is 6. The van der Waals surface area contributed by atoms with Gasteiger partial charge in [-0.1, -0.05) is 273 Å². The second kappa shape index (κ2) is 60.4. The monoisotopic (exact) mass is 1000 g/mol. The molecule has 0 heterocycles. The van der Waals surface area contributed by atoms with Gasteiger partial charge in [0.1, 0.15) is 13.2 Å². The second-order valence-corrected chi connectivity index (χ2v) is 20.6. The van der Waals surface area contributed by atoms with Gasteiger partial charge in [0.2, 0.25) is 0 Å². The van der Waals surface area contributed by atoms with Crippen molar-refractivity contribution >= 4 is 17.9 Å². The van der Waals surface area contributed by atoms with Crippen molar-refractivity contribution < 1.29 is 28.6 Å². The van der Waals surface area contributed by atoms with Gasteiger partial charge >= 0.3 is 17.9 Å². The topological polar surface area (TPSA) is 78.9 Å². The summed E-state index contributed by atoms with van der Waals surface area (Å²) in [7, 11) is 0. The van der Waals surface area contributed by atoms with Crippen LogP contribution in [0.4, 0.5) is 0 Å². The summed E-state index contributed by atoms with van der Waals surface area (Å²) in [6.45, 7) is 6.53. The van der Waals surface area contributed by atoms with Crippen LogP contribution in [0.5, 0.6) is 0 Å². The van der Waals surface area contributed by atoms with Crippen LogP contribution in [0, 0.1) is 0 Å². The van der Waals surface area contributed by atoms with E-state index in [0.29, 0.717) is 19.3 Å². The molecule has 416 valence electrons. The molecular formula is C66H116O6. The average molecular weight is 1010 g/mol. The average Bonchev–Trinajstić information content (AvgIpc) is 3.38. The summed E-state index contributed by atoms with van der Waals surface area (Å²) < 4.78 is 16.9. The van der Waals surface area contributed by atoms with Crippen LogP contribution in [0.2, 0.25) is 0 Å². The number of ether oxygens (including phenoxy) is 3. The minimum atomic E-state index is -0.787. The van der Waals surface area contributed by atoms with E-state index in [1.807, 2.05) is 0 Å². The largest absolute Gasteiger partial charge is 0.462 e. The molecule has 72 heavy (non-hydrogen) atoms. The maximum atomic E-state index is 12.9. The van der Waals surface area contributed by atoms with Gasteiger partial charge in [-0.05, 0) is 89.9 Å². The van der Waals surface area contributed by atoms with Gasteiger partial charge in [0.05, 0.1) is 0 Å². The van der Waals surface area contributed by atoms with E-state index in [9.17, 15) is 14.4 Å². The standard InChI is InChI=1S/C66H116O6/c1-4-7-10-13-16-19-22-25-28-31-33-35-38-41-44-47-50-53-56-59-65(68)71-62-63(61-70-64(67)58-55-52-49-46-43-40-37-30-27-24-21-18-15-12-9-6-3)72-66(69)60-57-54-51-48-45-42-39-36-34-32-29-26-23-20-17-14-11-8-5-2/h7,10,16,19,21,24-25,28,30,33,35,37,63H,4-6,8-9,11-15,17-18,20,22-23,26-27,29,31-32,34,36,38-62H2,1-3H3/b10-7-,19-16-,24-21-,28-25-,35-33-,37-30-. The number of hydrogen-bond donors (Lipinski definition) is 0. The third-order valence-electron chi connectivity index (χ3n) is 13.4. The third kappa shape index (κ3) is 57.7. The summed E-state index contributed by atoms with van der Waals surface area (Å²) in [6, 6.07) is 0. The predicted octanol–water partition coefficient (Wildman–Crippen LogP) is 20.9. The summed E-state index contributed by atoms with van der Waals surface area (Å²) in [5, 5.41) is 0. The molecule has 0 saturated carbocycles. The van der Waals surface area contributed by atoms with Crippen molar-refractivity contribution in [2.24, 2.45) is 0 Å². The molecule has 0 aliphatic rings. The van der Waals surface area contributed by atoms with Crippen LogP contribution in [-0.4, -0.2) is 37.2 Å². The van der Waals surface area contributed by atoms with Crippen molar-refractivity contribution in [1.29, 1.82) is 0 Å². The van der Waals surface area contributed by atoms with Crippen LogP contribution in [0.15, 0.2) is 72.9 Å². The van der Waals surface area contributed by atoms with Gasteiger partial charge in [0.15, 0.2) is 6.10 Å². The molecule has 0 aromatic heterocycles. The fourth-order valence-electron chi connectivity index (χ4n) is 8.82. The third-order valence-corrected chi connectivity index (χ3v) is 13.4. The lowest BCUT2D eigenvalue weighted by molar-refractivity contribution is -0.167. The van der Waals surface area contributed by atoms with Crippen LogP contribution in [-0.2, 0) is 28.6 Å². The lowest BCUT2D eigenvalue weighted by Crippen LogP contribution is -2.30. The molecule has 0 aliphatic carbocycles. The Labute approximate surface area is 446 Å². The van der Waals surface area contributed by atoms with Gasteiger partial charge in [0, 0.05) is 19.3 Å². The molecule has 0 aromatic rings. The van der Waals surface area contributed by atoms with E-state index in [1.165, 1.54) is 161 Å². The van der Waals surface area contributed by atoms with Crippen molar-refractivity contribution in [2.75, 3.05) is 13.2 Å². The Hall–Kier alpha value is -3.15. The van der Waals surface area contributed by atoms with E-state index in [2.05, 4.69) is 93.7 Å². The first-order valence-electron chi connectivity index (χ1n) is 30.9. The van der Waals surface area contributed by atoms with Gasteiger partial charge in [-0.15, -0.1) is 0 Å². The lowest BCUT2D eigenvalue weighted by Gasteiger charge is -2.18. The Morgan fingerprint density at radius 2 is 0.542 bits per heavy atom. The van der Waals surface area contributed by atoms with Gasteiger partial charge in [-0.2, -0.15) is 0 Å². The molecule has 0 radical (unpaired) electrons. The molecule has 0 rings (SSSR count). The molecule has 0 spiro atoms. The molecule has 0 aliphatic heterocycles. The van der Waals surface area contributed by atoms with Crippen molar-refractivity contribution in [3.63, 3.8) is 0 Å². The highest BCUT2D eigenvalue weighted by molar-refractivity contribution is 5.71. The van der Waals surface area contributed by atoms with Gasteiger partial charge in [-0.25, -0.2) is 0 Å². The second-order valence-electron chi connectivity index (χ2n) is 20.6. The fraction of sp³-hybridized carbons (Fsp3) is 0.773. The maximum absolute atomic E-state index is 12.9. The van der Waals surface area contributed by atoms with E-state index in [1.54, 1.807) is 0 Å². The maximum Gasteiger partial charge on any atom is 0.306 e. The number of carbonyl (C=O) groups excluding carboxylic acids is 3. The van der Waals surface area contributed by atoms with Crippen molar-refractivity contribution in [3.8, 4) is 0 Å². The first-order valence-corrected chi connectivity index (χ1v) is 30.9. The number of carbonyl (C=O) groups is 3. The molecule has 0 fully saturated rings. The Morgan fingerprint density at radius 3 is 0.861 bits per heavy atom. The van der Waals surface area contributed by atoms with E-state index in [0.717, 1.165) is 109 Å². The lowest BCUT2D eigenvalue weighted by atomic mass is 10.0. The summed E-state index contributed by atoms with van der Waals surface area (Å²) in [4.78, 5) is 38.3. The first kappa shape index (κ1) is 68.8. The number of allylic oxidation sites excluding steroid dienone is 12. The molecule has 0 aromatic carbocycles. The van der Waals surface area contributed by atoms with Gasteiger partial charge in [-0.3, -0.25) is 14.4 Å². The van der Waals surface area contributed by atoms with Crippen molar-refractivity contribution in [2.45, 2.75) is 316 Å². The van der Waals surface area contributed by atoms with Crippen LogP contribution in [0.1, 0.15) is 310 Å². The number of unbranched alkanes of at least 4 members (excludes halogenated alkanes) is 33. The predicted molar refractivity (Wildman–Crippen MR) is 311 cm³/mol. The first-order chi connectivity index (χ1) is 35.5. The number of esters is 3. The van der Waals surface area contributed by atoms with E-state index in [4.69, 9.17) is 14.2 Å². The van der Waals surface area contributed by atoms with Crippen molar-refractivity contribution in [1.82, 2.24) is 0 Å². The molecule has 0 N–H and O–H groups in total. The Morgan fingerprint density at radius 1 is 0.292 bits per heavy atom. The van der Waals surface area contributed by atoms with Crippen LogP contribution < -0.4 is 0 Å². The minimum absolute atomic E-state index is 0.0850. The Kier molecular flexibility index (Phi) is 57.8. The minimum Gasteiger partial charge on any atom is -0.462 e. The summed E-state index contributed by atoms with van der Waals surface area (Å²) in [5.41, 5.74) is 0. The highest BCUT2D eigenvalue weighted by atomic mass is 16.6. The summed E-state index contributed by atoms with van der Waals surface area (Å²) in [6.07, 6.45) is 77.5. The molecule has 0 amide bonds. The molecule has 1 atom stereocenters. The molecular weight excluding hydrogens is 889 g/mol. The molecule has 0 bridgehead atoms. The molecule has 6 heteroatoms. The summed E-state index contributed by atoms with van der Waals surface area (Å²) >= 11 is 0. The Balaban J connectivity index is 4.40. The highest BCUT2D eigenvalue weighted by Gasteiger charge is 2.19. The SMILES string of the molecule is CC/C=C\C/C=C\C/C=C\C/C=C\CCCCCCCCC(=O)OCC(COC(=O)CCCCCCC/C=C\C/C=C\CCCCCC)OC(=O)CCCCCCCCCCCCCCCCCCCCC.